The van der Waals surface area contributed by atoms with Gasteiger partial charge < -0.3 is 5.32 Å². The van der Waals surface area contributed by atoms with Gasteiger partial charge in [-0.2, -0.15) is 4.39 Å². The highest BCUT2D eigenvalue weighted by molar-refractivity contribution is 5.36. The average Bonchev–Trinajstić information content (AvgIpc) is 2.45. The molecule has 2 rings (SSSR count). The molecule has 2 aromatic rings. The molecule has 0 radical (unpaired) electrons. The van der Waals surface area contributed by atoms with Crippen LogP contribution in [-0.4, -0.2) is 4.92 Å². The number of hydrogen-bond donors (Lipinski definition) is 1. The summed E-state index contributed by atoms with van der Waals surface area (Å²) in [6.07, 6.45) is 0. The number of aryl methyl sites for hydroxylation is 1. The molecule has 0 aromatic heterocycles. The zero-order valence-corrected chi connectivity index (χ0v) is 12.0. The maximum atomic E-state index is 14.0. The summed E-state index contributed by atoms with van der Waals surface area (Å²) in [6.45, 7) is 4.23. The Labute approximate surface area is 122 Å². The first kappa shape index (κ1) is 15.1. The predicted molar refractivity (Wildman–Crippen MR) is 79.5 cm³/mol. The van der Waals surface area contributed by atoms with Crippen molar-refractivity contribution >= 4 is 5.69 Å². The minimum absolute atomic E-state index is 0.0311. The van der Waals surface area contributed by atoms with Crippen LogP contribution in [0.15, 0.2) is 42.5 Å². The second-order valence-electron chi connectivity index (χ2n) is 5.02. The van der Waals surface area contributed by atoms with Crippen LogP contribution in [0, 0.1) is 22.9 Å². The minimum atomic E-state index is -0.772. The highest BCUT2D eigenvalue weighted by Gasteiger charge is 2.17. The van der Waals surface area contributed by atoms with E-state index in [1.165, 1.54) is 12.1 Å². The molecule has 0 saturated carbocycles. The third-order valence-electron chi connectivity index (χ3n) is 3.40. The van der Waals surface area contributed by atoms with Crippen LogP contribution in [0.1, 0.15) is 29.7 Å². The van der Waals surface area contributed by atoms with Gasteiger partial charge in [0.2, 0.25) is 5.82 Å². The lowest BCUT2D eigenvalue weighted by atomic mass is 10.1. The van der Waals surface area contributed by atoms with E-state index in [4.69, 9.17) is 0 Å². The third-order valence-corrected chi connectivity index (χ3v) is 3.40. The van der Waals surface area contributed by atoms with Crippen LogP contribution in [0.5, 0.6) is 0 Å². The van der Waals surface area contributed by atoms with E-state index in [0.29, 0.717) is 5.56 Å². The summed E-state index contributed by atoms with van der Waals surface area (Å²) in [5.74, 6) is -0.772. The summed E-state index contributed by atoms with van der Waals surface area (Å²) in [4.78, 5) is 10.0. The minimum Gasteiger partial charge on any atom is -0.306 e. The second kappa shape index (κ2) is 6.45. The third kappa shape index (κ3) is 3.64. The highest BCUT2D eigenvalue weighted by atomic mass is 19.1. The number of benzene rings is 2. The fourth-order valence-electron chi connectivity index (χ4n) is 2.16. The summed E-state index contributed by atoms with van der Waals surface area (Å²) >= 11 is 0. The normalized spacial score (nSPS) is 12.1. The van der Waals surface area contributed by atoms with Gasteiger partial charge in [0.25, 0.3) is 0 Å². The maximum Gasteiger partial charge on any atom is 0.305 e. The number of nitrogens with one attached hydrogen (secondary N) is 1. The van der Waals surface area contributed by atoms with Crippen LogP contribution in [-0.2, 0) is 6.54 Å². The van der Waals surface area contributed by atoms with Gasteiger partial charge in [0, 0.05) is 24.2 Å². The second-order valence-corrected chi connectivity index (χ2v) is 5.02. The van der Waals surface area contributed by atoms with Crippen LogP contribution in [0.2, 0.25) is 0 Å². The fraction of sp³-hybridized carbons (Fsp3) is 0.250. The molecule has 0 saturated heterocycles. The zero-order valence-electron chi connectivity index (χ0n) is 12.0. The molecular formula is C16H17FN2O2. The molecule has 0 unspecified atom stereocenters. The van der Waals surface area contributed by atoms with Gasteiger partial charge in [-0.3, -0.25) is 10.1 Å². The van der Waals surface area contributed by atoms with Gasteiger partial charge in [-0.1, -0.05) is 42.0 Å². The lowest BCUT2D eigenvalue weighted by Crippen LogP contribution is -2.19. The molecule has 1 atom stereocenters. The fourth-order valence-corrected chi connectivity index (χ4v) is 2.16. The Hall–Kier alpha value is -2.27. The Bertz CT molecular complexity index is 658. The molecule has 1 N–H and O–H groups in total. The molecule has 0 heterocycles. The van der Waals surface area contributed by atoms with Gasteiger partial charge in [-0.05, 0) is 19.4 Å². The lowest BCUT2D eigenvalue weighted by Gasteiger charge is -2.15. The number of nitro groups is 1. The molecule has 2 aromatic carbocycles. The van der Waals surface area contributed by atoms with E-state index >= 15 is 0 Å². The van der Waals surface area contributed by atoms with Crippen molar-refractivity contribution in [2.45, 2.75) is 26.4 Å². The lowest BCUT2D eigenvalue weighted by molar-refractivity contribution is -0.387. The topological polar surface area (TPSA) is 55.2 Å². The Morgan fingerprint density at radius 1 is 1.29 bits per heavy atom. The number of halogens is 1. The predicted octanol–water partition coefficient (Wildman–Crippen LogP) is 3.89. The summed E-state index contributed by atoms with van der Waals surface area (Å²) in [5, 5.41) is 13.9. The van der Waals surface area contributed by atoms with Crippen molar-refractivity contribution in [2.24, 2.45) is 0 Å². The van der Waals surface area contributed by atoms with Gasteiger partial charge in [0.15, 0.2) is 0 Å². The van der Waals surface area contributed by atoms with E-state index in [1.807, 2.05) is 32.0 Å². The van der Waals surface area contributed by atoms with Crippen LogP contribution in [0.25, 0.3) is 0 Å². The molecule has 0 bridgehead atoms. The van der Waals surface area contributed by atoms with Crippen molar-refractivity contribution < 1.29 is 9.31 Å². The zero-order chi connectivity index (χ0) is 15.4. The molecule has 0 aliphatic rings. The van der Waals surface area contributed by atoms with Crippen molar-refractivity contribution in [3.05, 3.63) is 75.1 Å². The average molecular weight is 288 g/mol. The van der Waals surface area contributed by atoms with Crippen molar-refractivity contribution in [3.8, 4) is 0 Å². The molecule has 0 aliphatic heterocycles. The van der Waals surface area contributed by atoms with E-state index in [1.54, 1.807) is 6.07 Å². The van der Waals surface area contributed by atoms with Crippen LogP contribution >= 0.6 is 0 Å². The first-order valence-corrected chi connectivity index (χ1v) is 6.70. The van der Waals surface area contributed by atoms with Crippen molar-refractivity contribution in [1.82, 2.24) is 5.32 Å². The van der Waals surface area contributed by atoms with Gasteiger partial charge in [0.05, 0.1) is 4.92 Å². The Morgan fingerprint density at radius 3 is 2.67 bits per heavy atom. The first-order valence-electron chi connectivity index (χ1n) is 6.70. The van der Waals surface area contributed by atoms with Crippen molar-refractivity contribution in [1.29, 1.82) is 0 Å². The Kier molecular flexibility index (Phi) is 4.65. The summed E-state index contributed by atoms with van der Waals surface area (Å²) in [6, 6.07) is 12.3. The molecular weight excluding hydrogens is 271 g/mol. The molecule has 110 valence electrons. The Balaban J connectivity index is 2.10. The smallest absolute Gasteiger partial charge is 0.305 e. The number of rotatable bonds is 5. The maximum absolute atomic E-state index is 14.0. The monoisotopic (exact) mass is 288 g/mol. The first-order chi connectivity index (χ1) is 9.99. The summed E-state index contributed by atoms with van der Waals surface area (Å²) in [7, 11) is 0. The molecule has 0 amide bonds. The molecule has 0 spiro atoms. The quantitative estimate of drug-likeness (QED) is 0.670. The van der Waals surface area contributed by atoms with Gasteiger partial charge in [-0.15, -0.1) is 0 Å². The SMILES string of the molecule is Cc1cccc([C@@H](C)NCc2cccc([N+](=O)[O-])c2F)c1. The molecule has 21 heavy (non-hydrogen) atoms. The van der Waals surface area contributed by atoms with Crippen molar-refractivity contribution in [2.75, 3.05) is 0 Å². The molecule has 4 nitrogen and oxygen atoms in total. The van der Waals surface area contributed by atoms with Gasteiger partial charge in [-0.25, -0.2) is 0 Å². The van der Waals surface area contributed by atoms with Crippen molar-refractivity contribution in [3.63, 3.8) is 0 Å². The largest absolute Gasteiger partial charge is 0.306 e. The van der Waals surface area contributed by atoms with Crippen LogP contribution in [0.4, 0.5) is 10.1 Å². The van der Waals surface area contributed by atoms with Crippen LogP contribution < -0.4 is 5.32 Å². The van der Waals surface area contributed by atoms with Crippen LogP contribution in [0.3, 0.4) is 0 Å². The number of nitro benzene ring substituents is 1. The van der Waals surface area contributed by atoms with E-state index in [-0.39, 0.29) is 12.6 Å². The van der Waals surface area contributed by atoms with Gasteiger partial charge >= 0.3 is 5.69 Å². The van der Waals surface area contributed by atoms with E-state index in [9.17, 15) is 14.5 Å². The summed E-state index contributed by atoms with van der Waals surface area (Å²) < 4.78 is 14.0. The standard InChI is InChI=1S/C16H17FN2O2/c1-11-5-3-6-13(9-11)12(2)18-10-14-7-4-8-15(16(14)17)19(20)21/h3-9,12,18H,10H2,1-2H3/t12-/m1/s1. The van der Waals surface area contributed by atoms with E-state index < -0.39 is 16.4 Å². The van der Waals surface area contributed by atoms with E-state index in [0.717, 1.165) is 11.1 Å². The van der Waals surface area contributed by atoms with Gasteiger partial charge in [0.1, 0.15) is 0 Å². The highest BCUT2D eigenvalue weighted by Crippen LogP contribution is 2.21. The molecule has 0 fully saturated rings. The molecule has 5 heteroatoms. The summed E-state index contributed by atoms with van der Waals surface area (Å²) in [5.41, 5.74) is 2.06. The number of hydrogen-bond acceptors (Lipinski definition) is 3. The Morgan fingerprint density at radius 2 is 2.00 bits per heavy atom. The number of nitrogens with zero attached hydrogens (tertiary/aromatic N) is 1. The van der Waals surface area contributed by atoms with E-state index in [2.05, 4.69) is 11.4 Å². The molecule has 0 aliphatic carbocycles.